The number of anilines is 1. The van der Waals surface area contributed by atoms with Crippen molar-refractivity contribution >= 4 is 35.0 Å². The molecule has 0 saturated heterocycles. The van der Waals surface area contributed by atoms with Gasteiger partial charge in [0, 0.05) is 16.4 Å². The molecule has 0 radical (unpaired) electrons. The Morgan fingerprint density at radius 2 is 1.88 bits per heavy atom. The van der Waals surface area contributed by atoms with E-state index in [1.165, 1.54) is 11.8 Å². The average Bonchev–Trinajstić information content (AvgIpc) is 2.52. The number of amides is 1. The highest BCUT2D eigenvalue weighted by atomic mass is 35.5. The summed E-state index contributed by atoms with van der Waals surface area (Å²) in [6.07, 6.45) is 0. The van der Waals surface area contributed by atoms with Crippen molar-refractivity contribution in [1.29, 1.82) is 0 Å². The van der Waals surface area contributed by atoms with Crippen LogP contribution in [0.1, 0.15) is 23.9 Å². The predicted molar refractivity (Wildman–Crippen MR) is 98.2 cm³/mol. The Hall–Kier alpha value is -1.79. The molecule has 0 fully saturated rings. The van der Waals surface area contributed by atoms with E-state index >= 15 is 0 Å². The summed E-state index contributed by atoms with van der Waals surface area (Å²) in [5, 5.41) is 3.59. The fourth-order valence-electron chi connectivity index (χ4n) is 2.02. The molecule has 2 aromatic rings. The van der Waals surface area contributed by atoms with Crippen LogP contribution in [0.25, 0.3) is 0 Å². The monoisotopic (exact) mass is 365 g/mol. The molecular weight excluding hydrogens is 346 g/mol. The van der Waals surface area contributed by atoms with Gasteiger partial charge in [-0.05, 0) is 51.5 Å². The molecule has 1 atom stereocenters. The van der Waals surface area contributed by atoms with E-state index in [1.807, 2.05) is 27.7 Å². The Labute approximate surface area is 151 Å². The van der Waals surface area contributed by atoms with E-state index in [9.17, 15) is 4.79 Å². The van der Waals surface area contributed by atoms with E-state index in [4.69, 9.17) is 16.3 Å². The van der Waals surface area contributed by atoms with Crippen molar-refractivity contribution in [3.05, 3.63) is 40.2 Å². The summed E-state index contributed by atoms with van der Waals surface area (Å²) < 4.78 is 5.24. The van der Waals surface area contributed by atoms with Crippen LogP contribution >= 0.6 is 23.4 Å². The van der Waals surface area contributed by atoms with Crippen LogP contribution in [0.3, 0.4) is 0 Å². The molecule has 0 aliphatic carbocycles. The number of thioether (sulfide) groups is 1. The first-order chi connectivity index (χ1) is 11.3. The number of aryl methyl sites for hydroxylation is 2. The molecule has 0 aliphatic rings. The molecule has 5 nitrogen and oxygen atoms in total. The van der Waals surface area contributed by atoms with Crippen LogP contribution in [0, 0.1) is 20.8 Å². The lowest BCUT2D eigenvalue weighted by molar-refractivity contribution is -0.115. The summed E-state index contributed by atoms with van der Waals surface area (Å²) >= 11 is 7.30. The number of rotatable bonds is 5. The fraction of sp³-hybridized carbons (Fsp3) is 0.353. The lowest BCUT2D eigenvalue weighted by Gasteiger charge is -2.14. The molecule has 0 unspecified atom stereocenters. The van der Waals surface area contributed by atoms with Crippen molar-refractivity contribution in [3.8, 4) is 5.75 Å². The van der Waals surface area contributed by atoms with Gasteiger partial charge in [-0.2, -0.15) is 0 Å². The van der Waals surface area contributed by atoms with Crippen LogP contribution in [-0.4, -0.2) is 28.2 Å². The molecular formula is C17H20ClN3O2S. The molecule has 128 valence electrons. The van der Waals surface area contributed by atoms with E-state index in [1.54, 1.807) is 25.3 Å². The maximum atomic E-state index is 12.4. The second-order valence-corrected chi connectivity index (χ2v) is 7.14. The third-order valence-corrected chi connectivity index (χ3v) is 4.88. The summed E-state index contributed by atoms with van der Waals surface area (Å²) in [7, 11) is 1.54. The molecule has 0 aliphatic heterocycles. The van der Waals surface area contributed by atoms with Crippen LogP contribution in [0.5, 0.6) is 5.75 Å². The highest BCUT2D eigenvalue weighted by molar-refractivity contribution is 8.00. The molecule has 2 rings (SSSR count). The molecule has 1 amide bonds. The number of nitrogens with zero attached hydrogens (tertiary/aromatic N) is 2. The Kier molecular flexibility index (Phi) is 6.07. The Balaban J connectivity index is 2.12. The summed E-state index contributed by atoms with van der Waals surface area (Å²) in [5.74, 6) is 0.392. The minimum absolute atomic E-state index is 0.167. The minimum Gasteiger partial charge on any atom is -0.495 e. The second-order valence-electron chi connectivity index (χ2n) is 5.40. The van der Waals surface area contributed by atoms with E-state index in [-0.39, 0.29) is 11.2 Å². The van der Waals surface area contributed by atoms with Crippen molar-refractivity contribution in [2.24, 2.45) is 0 Å². The van der Waals surface area contributed by atoms with Gasteiger partial charge in [0.1, 0.15) is 5.75 Å². The van der Waals surface area contributed by atoms with Crippen LogP contribution in [-0.2, 0) is 4.79 Å². The Morgan fingerprint density at radius 3 is 2.46 bits per heavy atom. The maximum absolute atomic E-state index is 12.4. The first kappa shape index (κ1) is 18.5. The summed E-state index contributed by atoms with van der Waals surface area (Å²) in [4.78, 5) is 21.3. The molecule has 0 spiro atoms. The summed E-state index contributed by atoms with van der Waals surface area (Å²) in [6, 6.07) is 5.08. The summed E-state index contributed by atoms with van der Waals surface area (Å²) in [5.41, 5.74) is 3.46. The van der Waals surface area contributed by atoms with Crippen LogP contribution in [0.4, 0.5) is 5.69 Å². The van der Waals surface area contributed by atoms with E-state index < -0.39 is 0 Å². The maximum Gasteiger partial charge on any atom is 0.237 e. The number of ether oxygens (including phenoxy) is 1. The Morgan fingerprint density at radius 1 is 1.25 bits per heavy atom. The number of hydrogen-bond acceptors (Lipinski definition) is 5. The van der Waals surface area contributed by atoms with E-state index in [0.717, 1.165) is 17.0 Å². The standard InChI is InChI=1S/C17H20ClN3O2S/c1-9-10(2)19-17(20-11(9)3)24-12(4)16(22)21-14-8-13(18)6-7-15(14)23-5/h6-8,12H,1-5H3,(H,21,22)/t12-/m1/s1. The van der Waals surface area contributed by atoms with E-state index in [2.05, 4.69) is 15.3 Å². The van der Waals surface area contributed by atoms with Gasteiger partial charge >= 0.3 is 0 Å². The van der Waals surface area contributed by atoms with Gasteiger partial charge in [0.15, 0.2) is 5.16 Å². The van der Waals surface area contributed by atoms with Crippen molar-refractivity contribution in [2.75, 3.05) is 12.4 Å². The third kappa shape index (κ3) is 4.39. The second kappa shape index (κ2) is 7.85. The minimum atomic E-state index is -0.366. The average molecular weight is 366 g/mol. The zero-order valence-electron chi connectivity index (χ0n) is 14.3. The smallest absolute Gasteiger partial charge is 0.237 e. The van der Waals surface area contributed by atoms with Gasteiger partial charge in [-0.25, -0.2) is 9.97 Å². The van der Waals surface area contributed by atoms with Gasteiger partial charge in [-0.3, -0.25) is 4.79 Å². The first-order valence-corrected chi connectivity index (χ1v) is 8.70. The lowest BCUT2D eigenvalue weighted by Crippen LogP contribution is -2.23. The normalized spacial score (nSPS) is 11.9. The number of aromatic nitrogens is 2. The highest BCUT2D eigenvalue weighted by Gasteiger charge is 2.18. The van der Waals surface area contributed by atoms with Crippen molar-refractivity contribution in [3.63, 3.8) is 0 Å². The number of nitrogens with one attached hydrogen (secondary N) is 1. The van der Waals surface area contributed by atoms with Gasteiger partial charge in [0.05, 0.1) is 18.0 Å². The molecule has 0 saturated carbocycles. The van der Waals surface area contributed by atoms with Crippen molar-refractivity contribution < 1.29 is 9.53 Å². The first-order valence-electron chi connectivity index (χ1n) is 7.44. The van der Waals surface area contributed by atoms with Gasteiger partial charge in [-0.1, -0.05) is 23.4 Å². The van der Waals surface area contributed by atoms with Crippen LogP contribution in [0.15, 0.2) is 23.4 Å². The number of benzene rings is 1. The van der Waals surface area contributed by atoms with Gasteiger partial charge in [0.2, 0.25) is 5.91 Å². The van der Waals surface area contributed by atoms with Crippen molar-refractivity contribution in [1.82, 2.24) is 9.97 Å². The summed E-state index contributed by atoms with van der Waals surface area (Å²) in [6.45, 7) is 7.68. The molecule has 0 bridgehead atoms. The lowest BCUT2D eigenvalue weighted by atomic mass is 10.2. The molecule has 1 heterocycles. The number of halogens is 1. The van der Waals surface area contributed by atoms with Gasteiger partial charge in [0.25, 0.3) is 0 Å². The van der Waals surface area contributed by atoms with Crippen LogP contribution < -0.4 is 10.1 Å². The third-order valence-electron chi connectivity index (χ3n) is 3.68. The van der Waals surface area contributed by atoms with Crippen molar-refractivity contribution in [2.45, 2.75) is 38.1 Å². The number of carbonyl (C=O) groups is 1. The number of hydrogen-bond donors (Lipinski definition) is 1. The van der Waals surface area contributed by atoms with Crippen LogP contribution in [0.2, 0.25) is 5.02 Å². The SMILES string of the molecule is COc1ccc(Cl)cc1NC(=O)[C@@H](C)Sc1nc(C)c(C)c(C)n1. The molecule has 1 aromatic heterocycles. The fourth-order valence-corrected chi connectivity index (χ4v) is 3.05. The zero-order valence-corrected chi connectivity index (χ0v) is 15.9. The molecule has 1 aromatic carbocycles. The van der Waals surface area contributed by atoms with Gasteiger partial charge < -0.3 is 10.1 Å². The predicted octanol–water partition coefficient (Wildman–Crippen LogP) is 4.18. The number of methoxy groups -OCH3 is 1. The highest BCUT2D eigenvalue weighted by Crippen LogP contribution is 2.29. The topological polar surface area (TPSA) is 64.1 Å². The van der Waals surface area contributed by atoms with E-state index in [0.29, 0.717) is 21.6 Å². The quantitative estimate of drug-likeness (QED) is 0.636. The molecule has 7 heteroatoms. The zero-order chi connectivity index (χ0) is 17.9. The largest absolute Gasteiger partial charge is 0.495 e. The molecule has 1 N–H and O–H groups in total. The number of carbonyl (C=O) groups excluding carboxylic acids is 1. The van der Waals surface area contributed by atoms with Gasteiger partial charge in [-0.15, -0.1) is 0 Å². The Bertz CT molecular complexity index is 744. The molecule has 24 heavy (non-hydrogen) atoms.